The van der Waals surface area contributed by atoms with E-state index in [1.165, 1.54) is 88.3 Å². The molecule has 0 spiro atoms. The molecule has 2 rings (SSSR count). The average molecular weight is 554 g/mol. The molecule has 1 fully saturated rings. The van der Waals surface area contributed by atoms with E-state index in [1.807, 2.05) is 0 Å². The molecule has 1 N–H and O–H groups in total. The molecule has 0 amide bonds. The summed E-state index contributed by atoms with van der Waals surface area (Å²) in [4.78, 5) is 0. The van der Waals surface area contributed by atoms with Crippen LogP contribution in [-0.2, 0) is 0 Å². The Bertz CT molecular complexity index is 764. The molecule has 3 unspecified atom stereocenters. The molecule has 1 saturated carbocycles. The largest absolute Gasteiger partial charge is 0.317 e. The predicted molar refractivity (Wildman–Crippen MR) is 181 cm³/mol. The van der Waals surface area contributed by atoms with Gasteiger partial charge in [-0.05, 0) is 150 Å². The minimum absolute atomic E-state index is 0.603. The Labute approximate surface area is 252 Å². The number of hydrogen-bond acceptors (Lipinski definition) is 1. The smallest absolute Gasteiger partial charge is 0.00462 e. The fraction of sp³-hybridized carbons (Fsp3) is 0.846. The maximum atomic E-state index is 4.67. The standard InChI is InChI=1S/C39H71N/c1-12-19-40-20-18-38-25-31(7)29(5)16-14-27(3)21-34(10)37(13-2)22-28(4)15-17-30(6)39(38)26-36-23-32(8)35(11)33(9)24-36/h21,30-40H,4-5,12-20,22-26H2,1-3,6-11H3/b27-21+/t30-,31+,32-,33?,34-,35?,36?,37-,38-,39-/m0/s1. The van der Waals surface area contributed by atoms with Crippen LogP contribution in [0.5, 0.6) is 0 Å². The Balaban J connectivity index is 2.35. The van der Waals surface area contributed by atoms with Crippen molar-refractivity contribution in [2.75, 3.05) is 13.1 Å². The Morgan fingerprint density at radius 3 is 2.12 bits per heavy atom. The lowest BCUT2D eigenvalue weighted by molar-refractivity contribution is 0.0884. The zero-order chi connectivity index (χ0) is 29.8. The predicted octanol–water partition coefficient (Wildman–Crippen LogP) is 11.7. The van der Waals surface area contributed by atoms with Gasteiger partial charge in [0.05, 0.1) is 0 Å². The SMILES string of the molecule is C=C1CC[C@H](C)[C@H](CC2CC(C)C(C)[C@@H](C)C2)[C@@H](CCNCCC)C[C@@H](C)C(=C)CC/C(C)=C/[C@H](C)[C@@H](CC)C1. The van der Waals surface area contributed by atoms with E-state index in [-0.39, 0.29) is 0 Å². The van der Waals surface area contributed by atoms with Gasteiger partial charge in [0.2, 0.25) is 0 Å². The van der Waals surface area contributed by atoms with Gasteiger partial charge in [0.25, 0.3) is 0 Å². The molecule has 232 valence electrons. The van der Waals surface area contributed by atoms with Crippen molar-refractivity contribution in [1.29, 1.82) is 0 Å². The molecular weight excluding hydrogens is 482 g/mol. The summed E-state index contributed by atoms with van der Waals surface area (Å²) >= 11 is 0. The topological polar surface area (TPSA) is 12.0 Å². The second-order valence-electron chi connectivity index (χ2n) is 15.2. The summed E-state index contributed by atoms with van der Waals surface area (Å²) < 4.78 is 0. The lowest BCUT2D eigenvalue weighted by Gasteiger charge is -2.42. The first-order valence-electron chi connectivity index (χ1n) is 17.7. The van der Waals surface area contributed by atoms with Crippen LogP contribution in [0, 0.1) is 59.2 Å². The maximum Gasteiger partial charge on any atom is -0.00462 e. The Morgan fingerprint density at radius 1 is 0.825 bits per heavy atom. The molecular formula is C39H71N. The first kappa shape index (κ1) is 35.4. The highest BCUT2D eigenvalue weighted by Crippen LogP contribution is 2.45. The molecule has 0 aromatic rings. The van der Waals surface area contributed by atoms with Crippen molar-refractivity contribution in [1.82, 2.24) is 5.32 Å². The summed E-state index contributed by atoms with van der Waals surface area (Å²) in [5.41, 5.74) is 4.54. The summed E-state index contributed by atoms with van der Waals surface area (Å²) in [5, 5.41) is 3.77. The summed E-state index contributed by atoms with van der Waals surface area (Å²) in [5.74, 6) is 7.78. The molecule has 2 aliphatic carbocycles. The van der Waals surface area contributed by atoms with E-state index in [1.54, 1.807) is 5.57 Å². The molecule has 0 bridgehead atoms. The minimum Gasteiger partial charge on any atom is -0.317 e. The van der Waals surface area contributed by atoms with Gasteiger partial charge in [-0.2, -0.15) is 0 Å². The third-order valence-corrected chi connectivity index (χ3v) is 11.8. The van der Waals surface area contributed by atoms with Gasteiger partial charge in [-0.1, -0.05) is 97.8 Å². The molecule has 0 radical (unpaired) electrons. The molecule has 0 aliphatic heterocycles. The number of rotatable bonds is 8. The van der Waals surface area contributed by atoms with Crippen molar-refractivity contribution >= 4 is 0 Å². The third kappa shape index (κ3) is 11.5. The van der Waals surface area contributed by atoms with E-state index >= 15 is 0 Å². The third-order valence-electron chi connectivity index (χ3n) is 11.8. The number of hydrogen-bond donors (Lipinski definition) is 1. The van der Waals surface area contributed by atoms with Crippen LogP contribution in [0.25, 0.3) is 0 Å². The maximum absolute atomic E-state index is 4.67. The van der Waals surface area contributed by atoms with E-state index in [2.05, 4.69) is 86.9 Å². The van der Waals surface area contributed by atoms with Crippen molar-refractivity contribution in [2.45, 2.75) is 139 Å². The minimum atomic E-state index is 0.603. The molecule has 0 aromatic carbocycles. The fourth-order valence-electron chi connectivity index (χ4n) is 8.41. The van der Waals surface area contributed by atoms with Gasteiger partial charge in [0.1, 0.15) is 0 Å². The summed E-state index contributed by atoms with van der Waals surface area (Å²) in [7, 11) is 0. The van der Waals surface area contributed by atoms with Crippen LogP contribution in [0.2, 0.25) is 0 Å². The van der Waals surface area contributed by atoms with Crippen LogP contribution >= 0.6 is 0 Å². The van der Waals surface area contributed by atoms with Gasteiger partial charge in [0.15, 0.2) is 0 Å². The highest BCUT2D eigenvalue weighted by molar-refractivity contribution is 5.09. The van der Waals surface area contributed by atoms with Crippen LogP contribution in [0.1, 0.15) is 139 Å². The molecule has 1 heteroatoms. The van der Waals surface area contributed by atoms with Crippen molar-refractivity contribution in [3.63, 3.8) is 0 Å². The van der Waals surface area contributed by atoms with Crippen molar-refractivity contribution in [3.05, 3.63) is 36.0 Å². The second kappa shape index (κ2) is 18.0. The van der Waals surface area contributed by atoms with Gasteiger partial charge >= 0.3 is 0 Å². The van der Waals surface area contributed by atoms with E-state index in [4.69, 9.17) is 0 Å². The first-order valence-corrected chi connectivity index (χ1v) is 17.7. The molecule has 0 saturated heterocycles. The summed E-state index contributed by atoms with van der Waals surface area (Å²) in [6, 6.07) is 0. The fourth-order valence-corrected chi connectivity index (χ4v) is 8.41. The molecule has 40 heavy (non-hydrogen) atoms. The number of allylic oxidation sites excluding steroid dienone is 4. The van der Waals surface area contributed by atoms with Gasteiger partial charge in [0, 0.05) is 0 Å². The van der Waals surface area contributed by atoms with Crippen LogP contribution in [0.3, 0.4) is 0 Å². The van der Waals surface area contributed by atoms with E-state index in [0.29, 0.717) is 17.8 Å². The average Bonchev–Trinajstić information content (AvgIpc) is 2.91. The zero-order valence-electron chi connectivity index (χ0n) is 28.7. The lowest BCUT2D eigenvalue weighted by Crippen LogP contribution is -2.33. The highest BCUT2D eigenvalue weighted by Gasteiger charge is 2.35. The molecule has 10 atom stereocenters. The summed E-state index contributed by atoms with van der Waals surface area (Å²) in [6.07, 6.45) is 18.0. The number of nitrogens with one attached hydrogen (secondary N) is 1. The van der Waals surface area contributed by atoms with Crippen LogP contribution in [0.4, 0.5) is 0 Å². The molecule has 0 aromatic heterocycles. The quantitative estimate of drug-likeness (QED) is 0.233. The van der Waals surface area contributed by atoms with E-state index in [9.17, 15) is 0 Å². The van der Waals surface area contributed by atoms with Crippen LogP contribution < -0.4 is 5.32 Å². The van der Waals surface area contributed by atoms with Gasteiger partial charge < -0.3 is 5.32 Å². The molecule has 1 nitrogen and oxygen atoms in total. The Hall–Kier alpha value is -0.820. The van der Waals surface area contributed by atoms with Crippen molar-refractivity contribution in [2.24, 2.45) is 59.2 Å². The van der Waals surface area contributed by atoms with Crippen LogP contribution in [0.15, 0.2) is 36.0 Å². The van der Waals surface area contributed by atoms with Crippen LogP contribution in [-0.4, -0.2) is 13.1 Å². The Kier molecular flexibility index (Phi) is 15.9. The van der Waals surface area contributed by atoms with Gasteiger partial charge in [-0.25, -0.2) is 0 Å². The first-order chi connectivity index (χ1) is 19.0. The second-order valence-corrected chi connectivity index (χ2v) is 15.2. The zero-order valence-corrected chi connectivity index (χ0v) is 28.7. The molecule has 2 aliphatic rings. The Morgan fingerprint density at radius 2 is 1.50 bits per heavy atom. The summed E-state index contributed by atoms with van der Waals surface area (Å²) in [6.45, 7) is 33.7. The van der Waals surface area contributed by atoms with E-state index in [0.717, 1.165) is 54.4 Å². The van der Waals surface area contributed by atoms with Crippen molar-refractivity contribution in [3.8, 4) is 0 Å². The van der Waals surface area contributed by atoms with Gasteiger partial charge in [-0.3, -0.25) is 0 Å². The highest BCUT2D eigenvalue weighted by atomic mass is 14.8. The normalized spacial score (nSPS) is 39.1. The van der Waals surface area contributed by atoms with Crippen molar-refractivity contribution < 1.29 is 0 Å². The monoisotopic (exact) mass is 554 g/mol. The van der Waals surface area contributed by atoms with E-state index < -0.39 is 0 Å². The lowest BCUT2D eigenvalue weighted by atomic mass is 9.64. The van der Waals surface area contributed by atoms with Gasteiger partial charge in [-0.15, -0.1) is 0 Å². The molecule has 0 heterocycles.